The van der Waals surface area contributed by atoms with E-state index in [4.69, 9.17) is 0 Å². The maximum absolute atomic E-state index is 11.4. The molecule has 1 aliphatic rings. The molecule has 0 bridgehead atoms. The van der Waals surface area contributed by atoms with Crippen LogP contribution in [0.25, 0.3) is 5.76 Å². The molecular weight excluding hydrogens is 216 g/mol. The molecule has 0 atom stereocenters. The van der Waals surface area contributed by atoms with Gasteiger partial charge in [-0.1, -0.05) is 0 Å². The van der Waals surface area contributed by atoms with Crippen molar-refractivity contribution < 1.29 is 30.0 Å². The molecular formula is C10H6O6. The third kappa shape index (κ3) is 1.13. The van der Waals surface area contributed by atoms with Gasteiger partial charge in [-0.15, -0.1) is 0 Å². The Morgan fingerprint density at radius 3 is 2.19 bits per heavy atom. The first kappa shape index (κ1) is 10.0. The minimum absolute atomic E-state index is 0.349. The van der Waals surface area contributed by atoms with Crippen molar-refractivity contribution in [3.63, 3.8) is 0 Å². The van der Waals surface area contributed by atoms with Crippen LogP contribution in [0, 0.1) is 0 Å². The highest BCUT2D eigenvalue weighted by atomic mass is 16.3. The van der Waals surface area contributed by atoms with Crippen molar-refractivity contribution in [1.29, 1.82) is 0 Å². The standard InChI is InChI=1S/C10H6O6/c11-4-2-6(13)8(14)3-1-5(12)9(15)10(16)7(3)4/h1-2,11-12,15-16H. The highest BCUT2D eigenvalue weighted by Gasteiger charge is 2.31. The molecule has 1 aromatic carbocycles. The normalized spacial score (nSPS) is 14.6. The molecule has 0 amide bonds. The fourth-order valence-corrected chi connectivity index (χ4v) is 1.48. The van der Waals surface area contributed by atoms with Crippen molar-refractivity contribution in [2.75, 3.05) is 0 Å². The predicted molar refractivity (Wildman–Crippen MR) is 51.4 cm³/mol. The molecule has 0 heterocycles. The van der Waals surface area contributed by atoms with Gasteiger partial charge in [-0.3, -0.25) is 9.59 Å². The van der Waals surface area contributed by atoms with Gasteiger partial charge in [0.2, 0.25) is 17.3 Å². The number of hydrogen-bond donors (Lipinski definition) is 4. The molecule has 6 nitrogen and oxygen atoms in total. The molecule has 1 aliphatic carbocycles. The molecule has 0 fully saturated rings. The lowest BCUT2D eigenvalue weighted by Gasteiger charge is -2.14. The predicted octanol–water partition coefficient (Wildman–Crippen LogP) is 0.468. The highest BCUT2D eigenvalue weighted by Crippen LogP contribution is 2.43. The van der Waals surface area contributed by atoms with E-state index in [1.165, 1.54) is 0 Å². The van der Waals surface area contributed by atoms with Crippen molar-refractivity contribution in [2.24, 2.45) is 0 Å². The smallest absolute Gasteiger partial charge is 0.234 e. The molecule has 82 valence electrons. The van der Waals surface area contributed by atoms with E-state index in [0.717, 1.165) is 6.07 Å². The van der Waals surface area contributed by atoms with Crippen LogP contribution in [0.1, 0.15) is 15.9 Å². The Kier molecular flexibility index (Phi) is 1.88. The van der Waals surface area contributed by atoms with Gasteiger partial charge in [0.15, 0.2) is 11.5 Å². The molecule has 0 unspecified atom stereocenters. The van der Waals surface area contributed by atoms with Gasteiger partial charge in [-0.25, -0.2) is 0 Å². The van der Waals surface area contributed by atoms with Crippen molar-refractivity contribution in [3.05, 3.63) is 23.3 Å². The minimum Gasteiger partial charge on any atom is -0.507 e. The number of aliphatic hydroxyl groups excluding tert-OH is 1. The molecule has 0 aromatic heterocycles. The average Bonchev–Trinajstić information content (AvgIpc) is 2.22. The molecule has 16 heavy (non-hydrogen) atoms. The van der Waals surface area contributed by atoms with Crippen LogP contribution in [-0.2, 0) is 4.79 Å². The maximum atomic E-state index is 11.4. The number of Topliss-reactive ketones (excluding diaryl/α,β-unsaturated/α-hetero) is 1. The number of allylic oxidation sites excluding steroid dienone is 1. The monoisotopic (exact) mass is 222 g/mol. The summed E-state index contributed by atoms with van der Waals surface area (Å²) in [5.74, 6) is -5.02. The number of aliphatic hydroxyl groups is 1. The number of benzene rings is 1. The number of phenolic OH excluding ortho intramolecular Hbond substituents is 3. The third-order valence-electron chi connectivity index (χ3n) is 2.25. The number of fused-ring (bicyclic) bond motifs is 1. The Hall–Kier alpha value is -2.50. The van der Waals surface area contributed by atoms with Crippen molar-refractivity contribution in [3.8, 4) is 17.2 Å². The number of hydrogen-bond acceptors (Lipinski definition) is 6. The van der Waals surface area contributed by atoms with Crippen LogP contribution < -0.4 is 0 Å². The molecule has 0 radical (unpaired) electrons. The topological polar surface area (TPSA) is 115 Å². The Morgan fingerprint density at radius 2 is 1.56 bits per heavy atom. The summed E-state index contributed by atoms with van der Waals surface area (Å²) in [5.41, 5.74) is -0.710. The zero-order chi connectivity index (χ0) is 12.0. The Bertz CT molecular complexity index is 555. The van der Waals surface area contributed by atoms with Crippen LogP contribution >= 0.6 is 0 Å². The number of carbonyl (C=O) groups excluding carboxylic acids is 2. The Balaban J connectivity index is 2.86. The van der Waals surface area contributed by atoms with Crippen molar-refractivity contribution in [1.82, 2.24) is 0 Å². The molecule has 0 spiro atoms. The number of ketones is 2. The second-order valence-electron chi connectivity index (χ2n) is 3.24. The summed E-state index contributed by atoms with van der Waals surface area (Å²) < 4.78 is 0. The molecule has 4 N–H and O–H groups in total. The fourth-order valence-electron chi connectivity index (χ4n) is 1.48. The van der Waals surface area contributed by atoms with Crippen LogP contribution in [0.2, 0.25) is 0 Å². The second-order valence-corrected chi connectivity index (χ2v) is 3.24. The first-order valence-corrected chi connectivity index (χ1v) is 4.21. The van der Waals surface area contributed by atoms with Gasteiger partial charge < -0.3 is 20.4 Å². The summed E-state index contributed by atoms with van der Waals surface area (Å²) in [5, 5.41) is 37.2. The number of phenols is 3. The van der Waals surface area contributed by atoms with Gasteiger partial charge in [0.25, 0.3) is 0 Å². The van der Waals surface area contributed by atoms with Crippen LogP contribution in [0.4, 0.5) is 0 Å². The van der Waals surface area contributed by atoms with Crippen molar-refractivity contribution in [2.45, 2.75) is 0 Å². The fraction of sp³-hybridized carbons (Fsp3) is 0. The third-order valence-corrected chi connectivity index (χ3v) is 2.25. The second kappa shape index (κ2) is 2.99. The number of rotatable bonds is 0. The molecule has 1 aromatic rings. The molecule has 0 aliphatic heterocycles. The first-order chi connectivity index (χ1) is 7.43. The molecule has 0 saturated heterocycles. The van der Waals surface area contributed by atoms with E-state index in [1.54, 1.807) is 0 Å². The average molecular weight is 222 g/mol. The van der Waals surface area contributed by atoms with E-state index in [9.17, 15) is 30.0 Å². The highest BCUT2D eigenvalue weighted by molar-refractivity contribution is 6.50. The van der Waals surface area contributed by atoms with Gasteiger partial charge in [0.1, 0.15) is 5.76 Å². The molecule has 6 heteroatoms. The summed E-state index contributed by atoms with van der Waals surface area (Å²) in [6.07, 6.45) is 0.640. The number of carbonyl (C=O) groups is 2. The lowest BCUT2D eigenvalue weighted by atomic mass is 9.92. The molecule has 0 saturated carbocycles. The maximum Gasteiger partial charge on any atom is 0.234 e. The molecule has 2 rings (SSSR count). The van der Waals surface area contributed by atoms with Gasteiger partial charge in [-0.2, -0.15) is 0 Å². The summed E-state index contributed by atoms with van der Waals surface area (Å²) in [6, 6.07) is 0.813. The zero-order valence-electron chi connectivity index (χ0n) is 7.76. The van der Waals surface area contributed by atoms with E-state index >= 15 is 0 Å². The lowest BCUT2D eigenvalue weighted by Crippen LogP contribution is -2.18. The Labute approximate surface area is 88.7 Å². The van der Waals surface area contributed by atoms with Crippen LogP contribution in [0.3, 0.4) is 0 Å². The van der Waals surface area contributed by atoms with E-state index in [1.807, 2.05) is 0 Å². The minimum atomic E-state index is -0.974. The van der Waals surface area contributed by atoms with Crippen LogP contribution in [0.5, 0.6) is 17.2 Å². The summed E-state index contributed by atoms with van der Waals surface area (Å²) >= 11 is 0. The summed E-state index contributed by atoms with van der Waals surface area (Å²) in [7, 11) is 0. The Morgan fingerprint density at radius 1 is 0.938 bits per heavy atom. The van der Waals surface area contributed by atoms with Crippen LogP contribution in [0.15, 0.2) is 12.1 Å². The largest absolute Gasteiger partial charge is 0.507 e. The van der Waals surface area contributed by atoms with E-state index in [2.05, 4.69) is 0 Å². The van der Waals surface area contributed by atoms with E-state index in [-0.39, 0.29) is 11.1 Å². The summed E-state index contributed by atoms with van der Waals surface area (Å²) in [4.78, 5) is 22.4. The van der Waals surface area contributed by atoms with E-state index in [0.29, 0.717) is 6.08 Å². The van der Waals surface area contributed by atoms with Crippen LogP contribution in [-0.4, -0.2) is 32.0 Å². The van der Waals surface area contributed by atoms with Gasteiger partial charge >= 0.3 is 0 Å². The van der Waals surface area contributed by atoms with Gasteiger partial charge in [0, 0.05) is 11.6 Å². The summed E-state index contributed by atoms with van der Waals surface area (Å²) in [6.45, 7) is 0. The van der Waals surface area contributed by atoms with E-state index < -0.39 is 34.6 Å². The SMILES string of the molecule is O=C1C=C(O)c2c(cc(O)c(O)c2O)C1=O. The number of aromatic hydroxyl groups is 3. The van der Waals surface area contributed by atoms with Gasteiger partial charge in [0.05, 0.1) is 5.56 Å². The lowest BCUT2D eigenvalue weighted by molar-refractivity contribution is -0.111. The van der Waals surface area contributed by atoms with Gasteiger partial charge in [-0.05, 0) is 6.07 Å². The van der Waals surface area contributed by atoms with Crippen molar-refractivity contribution >= 4 is 17.3 Å². The first-order valence-electron chi connectivity index (χ1n) is 4.21. The quantitative estimate of drug-likeness (QED) is 0.374. The zero-order valence-corrected chi connectivity index (χ0v) is 7.76.